The second-order valence-electron chi connectivity index (χ2n) is 6.63. The molecule has 3 heterocycles. The van der Waals surface area contributed by atoms with Crippen LogP contribution in [0.5, 0.6) is 0 Å². The van der Waals surface area contributed by atoms with Crippen LogP contribution in [0.4, 0.5) is 14.3 Å². The van der Waals surface area contributed by atoms with Gasteiger partial charge in [-0.1, -0.05) is 29.0 Å². The summed E-state index contributed by atoms with van der Waals surface area (Å²) in [6.45, 7) is 0.998. The number of nitrogens with one attached hydrogen (secondary N) is 1. The molecule has 2 aromatic heterocycles. The van der Waals surface area contributed by atoms with Crippen LogP contribution < -0.4 is 5.32 Å². The number of anilines is 1. The minimum absolute atomic E-state index is 0.0493. The lowest BCUT2D eigenvalue weighted by Crippen LogP contribution is -2.37. The summed E-state index contributed by atoms with van der Waals surface area (Å²) < 4.78 is 14.0. The average molecular weight is 433 g/mol. The third-order valence-corrected chi connectivity index (χ3v) is 5.88. The first-order valence-electron chi connectivity index (χ1n) is 9.10. The molecule has 0 saturated heterocycles. The number of aromatic nitrogens is 2. The van der Waals surface area contributed by atoms with Crippen molar-refractivity contribution in [3.8, 4) is 0 Å². The summed E-state index contributed by atoms with van der Waals surface area (Å²) in [6, 6.07) is 5.91. The number of hydrogen-bond acceptors (Lipinski definition) is 5. The van der Waals surface area contributed by atoms with Gasteiger partial charge >= 0.3 is 6.03 Å². The highest BCUT2D eigenvalue weighted by Gasteiger charge is 2.21. The van der Waals surface area contributed by atoms with Gasteiger partial charge in [-0.25, -0.2) is 14.2 Å². The van der Waals surface area contributed by atoms with Gasteiger partial charge in [0.1, 0.15) is 5.82 Å². The lowest BCUT2D eigenvalue weighted by Gasteiger charge is -2.26. The summed E-state index contributed by atoms with van der Waals surface area (Å²) >= 11 is 7.58. The maximum atomic E-state index is 13.3. The summed E-state index contributed by atoms with van der Waals surface area (Å²) in [5.41, 5.74) is 3.24. The molecule has 0 radical (unpaired) electrons. The third-order valence-electron chi connectivity index (χ3n) is 4.66. The fourth-order valence-corrected chi connectivity index (χ4v) is 4.36. The second-order valence-corrected chi connectivity index (χ2v) is 8.07. The number of aliphatic hydroxyl groups excluding tert-OH is 1. The lowest BCUT2D eigenvalue weighted by atomic mass is 10.0. The largest absolute Gasteiger partial charge is 0.396 e. The van der Waals surface area contributed by atoms with E-state index in [9.17, 15) is 9.18 Å². The molecular formula is C20H18ClFN4O2S. The van der Waals surface area contributed by atoms with Gasteiger partial charge in [0.05, 0.1) is 20.9 Å². The molecule has 0 bridgehead atoms. The Morgan fingerprint density at radius 1 is 1.38 bits per heavy atom. The van der Waals surface area contributed by atoms with Gasteiger partial charge in [-0.15, -0.1) is 0 Å². The van der Waals surface area contributed by atoms with Crippen LogP contribution in [0.15, 0.2) is 36.5 Å². The van der Waals surface area contributed by atoms with Gasteiger partial charge in [-0.2, -0.15) is 0 Å². The molecule has 0 atom stereocenters. The number of hydrogen-bond donors (Lipinski definition) is 2. The number of pyridine rings is 1. The zero-order valence-corrected chi connectivity index (χ0v) is 16.9. The van der Waals surface area contributed by atoms with E-state index >= 15 is 0 Å². The smallest absolute Gasteiger partial charge is 0.323 e. The Hall–Kier alpha value is -2.55. The summed E-state index contributed by atoms with van der Waals surface area (Å²) in [7, 11) is 0. The van der Waals surface area contributed by atoms with Crippen molar-refractivity contribution in [1.29, 1.82) is 0 Å². The molecule has 4 rings (SSSR count). The summed E-state index contributed by atoms with van der Waals surface area (Å²) in [5.74, 6) is -0.329. The molecule has 1 aromatic carbocycles. The monoisotopic (exact) mass is 432 g/mol. The quantitative estimate of drug-likeness (QED) is 0.642. The van der Waals surface area contributed by atoms with Crippen molar-refractivity contribution in [2.24, 2.45) is 0 Å². The van der Waals surface area contributed by atoms with Gasteiger partial charge < -0.3 is 10.0 Å². The molecule has 1 aliphatic heterocycles. The molecule has 0 spiro atoms. The van der Waals surface area contributed by atoms with Gasteiger partial charge in [0, 0.05) is 25.9 Å². The number of carbonyl (C=O) groups is 1. The van der Waals surface area contributed by atoms with E-state index < -0.39 is 0 Å². The van der Waals surface area contributed by atoms with Gasteiger partial charge in [0.15, 0.2) is 5.13 Å². The van der Waals surface area contributed by atoms with Crippen LogP contribution in [0.3, 0.4) is 0 Å². The standard InChI is InChI=1S/C20H18ClFN4O2S/c21-15-9-12(5-8-27)11-23-18(15)13-3-6-26(7-4-13)20(28)25-19-24-16-2-1-14(22)10-17(16)29-19/h1-3,9-11,27H,4-8H2,(H,24,25,28). The number of amides is 2. The van der Waals surface area contributed by atoms with E-state index in [2.05, 4.69) is 15.3 Å². The topological polar surface area (TPSA) is 78.4 Å². The molecule has 9 heteroatoms. The highest BCUT2D eigenvalue weighted by Crippen LogP contribution is 2.29. The Labute approximate surface area is 175 Å². The van der Waals surface area contributed by atoms with Gasteiger partial charge in [0.25, 0.3) is 0 Å². The van der Waals surface area contributed by atoms with Crippen LogP contribution in [0.1, 0.15) is 17.7 Å². The van der Waals surface area contributed by atoms with Crippen molar-refractivity contribution in [3.63, 3.8) is 0 Å². The van der Waals surface area contributed by atoms with Crippen molar-refractivity contribution in [2.75, 3.05) is 25.0 Å². The molecule has 0 unspecified atom stereocenters. The molecule has 6 nitrogen and oxygen atoms in total. The van der Waals surface area contributed by atoms with Crippen LogP contribution in [-0.4, -0.2) is 45.7 Å². The van der Waals surface area contributed by atoms with Crippen molar-refractivity contribution in [1.82, 2.24) is 14.9 Å². The van der Waals surface area contributed by atoms with Crippen LogP contribution in [0.2, 0.25) is 5.02 Å². The Morgan fingerprint density at radius 2 is 2.24 bits per heavy atom. The zero-order chi connectivity index (χ0) is 20.4. The van der Waals surface area contributed by atoms with E-state index in [-0.39, 0.29) is 18.5 Å². The Balaban J connectivity index is 1.42. The van der Waals surface area contributed by atoms with Crippen LogP contribution in [0, 0.1) is 5.82 Å². The third kappa shape index (κ3) is 4.39. The number of thiazole rings is 1. The van der Waals surface area contributed by atoms with Crippen molar-refractivity contribution < 1.29 is 14.3 Å². The van der Waals surface area contributed by atoms with Crippen LogP contribution >= 0.6 is 22.9 Å². The van der Waals surface area contributed by atoms with E-state index in [0.29, 0.717) is 52.0 Å². The van der Waals surface area contributed by atoms with Crippen molar-refractivity contribution in [2.45, 2.75) is 12.8 Å². The maximum absolute atomic E-state index is 13.3. The predicted molar refractivity (Wildman–Crippen MR) is 113 cm³/mol. The van der Waals surface area contributed by atoms with Crippen molar-refractivity contribution in [3.05, 3.63) is 58.6 Å². The highest BCUT2D eigenvalue weighted by molar-refractivity contribution is 7.22. The van der Waals surface area contributed by atoms with Gasteiger partial charge in [0.2, 0.25) is 0 Å². The maximum Gasteiger partial charge on any atom is 0.323 e. The first kappa shape index (κ1) is 19.8. The number of nitrogens with zero attached hydrogens (tertiary/aromatic N) is 3. The molecular weight excluding hydrogens is 415 g/mol. The lowest BCUT2D eigenvalue weighted by molar-refractivity contribution is 0.217. The normalized spacial score (nSPS) is 14.2. The molecule has 29 heavy (non-hydrogen) atoms. The number of aliphatic hydroxyl groups is 1. The van der Waals surface area contributed by atoms with Gasteiger partial charge in [-0.05, 0) is 48.2 Å². The van der Waals surface area contributed by atoms with E-state index in [0.717, 1.165) is 11.1 Å². The highest BCUT2D eigenvalue weighted by atomic mass is 35.5. The molecule has 0 aliphatic carbocycles. The molecule has 3 aromatic rings. The number of urea groups is 1. The summed E-state index contributed by atoms with van der Waals surface area (Å²) in [6.07, 6.45) is 4.80. The van der Waals surface area contributed by atoms with Gasteiger partial charge in [-0.3, -0.25) is 10.3 Å². The second kappa shape index (κ2) is 8.44. The Morgan fingerprint density at radius 3 is 2.97 bits per heavy atom. The molecule has 2 N–H and O–H groups in total. The van der Waals surface area contributed by atoms with Crippen molar-refractivity contribution >= 4 is 49.9 Å². The predicted octanol–water partition coefficient (Wildman–Crippen LogP) is 4.34. The summed E-state index contributed by atoms with van der Waals surface area (Å²) in [4.78, 5) is 23.0. The molecule has 150 valence electrons. The molecule has 0 fully saturated rings. The van der Waals surface area contributed by atoms with E-state index in [4.69, 9.17) is 16.7 Å². The van der Waals surface area contributed by atoms with Crippen LogP contribution in [-0.2, 0) is 6.42 Å². The van der Waals surface area contributed by atoms with E-state index in [1.54, 1.807) is 17.2 Å². The number of rotatable bonds is 4. The van der Waals surface area contributed by atoms with Crippen LogP contribution in [0.25, 0.3) is 15.8 Å². The average Bonchev–Trinajstić information content (AvgIpc) is 3.10. The SMILES string of the molecule is O=C(Nc1nc2ccc(F)cc2s1)N1CC=C(c2ncc(CCO)cc2Cl)CC1. The Bertz CT molecular complexity index is 1100. The first-order valence-corrected chi connectivity index (χ1v) is 10.3. The fourth-order valence-electron chi connectivity index (χ4n) is 3.17. The minimum atomic E-state index is -0.329. The first-order chi connectivity index (χ1) is 14.0. The zero-order valence-electron chi connectivity index (χ0n) is 15.4. The Kier molecular flexibility index (Phi) is 5.75. The number of fused-ring (bicyclic) bond motifs is 1. The number of halogens is 2. The molecule has 1 aliphatic rings. The van der Waals surface area contributed by atoms with E-state index in [1.165, 1.54) is 23.5 Å². The molecule has 0 saturated carbocycles. The van der Waals surface area contributed by atoms with E-state index in [1.807, 2.05) is 12.1 Å². The fraction of sp³-hybridized carbons (Fsp3) is 0.250. The molecule has 2 amide bonds. The minimum Gasteiger partial charge on any atom is -0.396 e. The number of benzene rings is 1. The summed E-state index contributed by atoms with van der Waals surface area (Å²) in [5, 5.41) is 12.8. The number of carbonyl (C=O) groups excluding carboxylic acids is 1.